The molecule has 1 atom stereocenters. The maximum atomic E-state index is 4.48. The number of halogens is 1. The van der Waals surface area contributed by atoms with Gasteiger partial charge >= 0.3 is 0 Å². The zero-order valence-corrected chi connectivity index (χ0v) is 21.7. The fourth-order valence-electron chi connectivity index (χ4n) is 4.68. The van der Waals surface area contributed by atoms with Gasteiger partial charge in [0.15, 0.2) is 5.96 Å². The van der Waals surface area contributed by atoms with E-state index in [1.54, 1.807) is 0 Å². The number of nitrogens with one attached hydrogen (secondary N) is 2. The van der Waals surface area contributed by atoms with Crippen LogP contribution in [0.1, 0.15) is 57.6 Å². The number of nitrogens with zero attached hydrogens (tertiary/aromatic N) is 3. The Bertz CT molecular complexity index is 655. The Morgan fingerprint density at radius 2 is 1.80 bits per heavy atom. The third kappa shape index (κ3) is 7.68. The molecule has 2 heterocycles. The van der Waals surface area contributed by atoms with Crippen molar-refractivity contribution >= 4 is 29.9 Å². The third-order valence-electron chi connectivity index (χ3n) is 6.52. The molecule has 2 saturated heterocycles. The first-order valence-corrected chi connectivity index (χ1v) is 11.6. The molecule has 1 aromatic rings. The predicted octanol–water partition coefficient (Wildman–Crippen LogP) is 4.07. The molecule has 2 aliphatic heterocycles. The van der Waals surface area contributed by atoms with Gasteiger partial charge < -0.3 is 15.5 Å². The lowest BCUT2D eigenvalue weighted by Gasteiger charge is -2.35. The summed E-state index contributed by atoms with van der Waals surface area (Å²) in [5, 5.41) is 7.20. The second-order valence-corrected chi connectivity index (χ2v) is 9.23. The van der Waals surface area contributed by atoms with E-state index in [0.717, 1.165) is 25.0 Å². The van der Waals surface area contributed by atoms with E-state index < -0.39 is 0 Å². The smallest absolute Gasteiger partial charge is 0.191 e. The van der Waals surface area contributed by atoms with Crippen LogP contribution < -0.4 is 10.6 Å². The van der Waals surface area contributed by atoms with Crippen LogP contribution in [0.5, 0.6) is 0 Å². The molecule has 0 aliphatic carbocycles. The van der Waals surface area contributed by atoms with Crippen LogP contribution in [-0.2, 0) is 13.1 Å². The minimum absolute atomic E-state index is 0. The minimum Gasteiger partial charge on any atom is -0.354 e. The molecule has 0 radical (unpaired) electrons. The molecule has 1 aromatic carbocycles. The lowest BCUT2D eigenvalue weighted by atomic mass is 9.99. The van der Waals surface area contributed by atoms with Crippen molar-refractivity contribution < 1.29 is 0 Å². The number of benzene rings is 1. The number of rotatable bonds is 6. The van der Waals surface area contributed by atoms with Crippen LogP contribution in [0.4, 0.5) is 0 Å². The van der Waals surface area contributed by atoms with Crippen LogP contribution >= 0.6 is 24.0 Å². The number of guanidine groups is 1. The lowest BCUT2D eigenvalue weighted by Crippen LogP contribution is -2.49. The molecule has 2 N–H and O–H groups in total. The van der Waals surface area contributed by atoms with E-state index in [0.29, 0.717) is 12.1 Å². The van der Waals surface area contributed by atoms with Gasteiger partial charge in [-0.2, -0.15) is 0 Å². The lowest BCUT2D eigenvalue weighted by molar-refractivity contribution is 0.167. The molecule has 2 aliphatic rings. The van der Waals surface area contributed by atoms with E-state index >= 15 is 0 Å². The first kappa shape index (κ1) is 25.4. The highest BCUT2D eigenvalue weighted by atomic mass is 127. The summed E-state index contributed by atoms with van der Waals surface area (Å²) in [6, 6.07) is 10.0. The molecule has 2 fully saturated rings. The Morgan fingerprint density at radius 3 is 2.43 bits per heavy atom. The number of hydrogen-bond acceptors (Lipinski definition) is 3. The molecular formula is C24H42IN5. The number of likely N-dealkylation sites (tertiary alicyclic amines) is 2. The van der Waals surface area contributed by atoms with Crippen LogP contribution in [0, 0.1) is 5.92 Å². The van der Waals surface area contributed by atoms with Crippen LogP contribution in [0.15, 0.2) is 29.3 Å². The molecule has 30 heavy (non-hydrogen) atoms. The van der Waals surface area contributed by atoms with Crippen molar-refractivity contribution in [2.45, 2.75) is 71.6 Å². The standard InChI is InChI=1S/C24H41N5.HI/c1-19(2)29-14-11-23(12-15-29)27-24(25-4)26-16-21-9-5-6-10-22(21)18-28-13-7-8-20(3)17-28;/h5-6,9-10,19-20,23H,7-8,11-18H2,1-4H3,(H2,25,26,27);1H. The molecule has 3 rings (SSSR count). The number of hydrogen-bond donors (Lipinski definition) is 2. The highest BCUT2D eigenvalue weighted by molar-refractivity contribution is 14.0. The van der Waals surface area contributed by atoms with Crippen molar-refractivity contribution in [2.24, 2.45) is 10.9 Å². The summed E-state index contributed by atoms with van der Waals surface area (Å²) in [6.45, 7) is 13.6. The van der Waals surface area contributed by atoms with E-state index in [1.165, 1.54) is 63.0 Å². The average molecular weight is 528 g/mol. The molecule has 5 nitrogen and oxygen atoms in total. The summed E-state index contributed by atoms with van der Waals surface area (Å²) in [5.41, 5.74) is 2.82. The summed E-state index contributed by atoms with van der Waals surface area (Å²) in [4.78, 5) is 9.65. The molecule has 0 aromatic heterocycles. The third-order valence-corrected chi connectivity index (χ3v) is 6.52. The maximum Gasteiger partial charge on any atom is 0.191 e. The molecule has 0 amide bonds. The minimum atomic E-state index is 0. The highest BCUT2D eigenvalue weighted by Crippen LogP contribution is 2.19. The zero-order valence-electron chi connectivity index (χ0n) is 19.4. The van der Waals surface area contributed by atoms with Gasteiger partial charge in [-0.05, 0) is 63.1 Å². The summed E-state index contributed by atoms with van der Waals surface area (Å²) >= 11 is 0. The molecule has 0 spiro atoms. The van der Waals surface area contributed by atoms with Gasteiger partial charge in [0, 0.05) is 51.9 Å². The van der Waals surface area contributed by atoms with E-state index in [1.807, 2.05) is 7.05 Å². The SMILES string of the molecule is CN=C(NCc1ccccc1CN1CCCC(C)C1)NC1CCN(C(C)C)CC1.I. The average Bonchev–Trinajstić information content (AvgIpc) is 2.72. The van der Waals surface area contributed by atoms with Crippen molar-refractivity contribution in [3.63, 3.8) is 0 Å². The van der Waals surface area contributed by atoms with Crippen LogP contribution in [0.3, 0.4) is 0 Å². The monoisotopic (exact) mass is 527 g/mol. The van der Waals surface area contributed by atoms with Gasteiger partial charge in [0.2, 0.25) is 0 Å². The van der Waals surface area contributed by atoms with Crippen LogP contribution in [0.25, 0.3) is 0 Å². The van der Waals surface area contributed by atoms with Crippen molar-refractivity contribution in [3.05, 3.63) is 35.4 Å². The molecule has 6 heteroatoms. The van der Waals surface area contributed by atoms with E-state index in [2.05, 4.69) is 70.5 Å². The Kier molecular flexibility index (Phi) is 10.9. The van der Waals surface area contributed by atoms with Gasteiger partial charge in [0.05, 0.1) is 0 Å². The molecule has 170 valence electrons. The summed E-state index contributed by atoms with van der Waals surface area (Å²) in [6.07, 6.45) is 5.07. The summed E-state index contributed by atoms with van der Waals surface area (Å²) < 4.78 is 0. The molecule has 1 unspecified atom stereocenters. The normalized spacial score (nSPS) is 22.0. The Morgan fingerprint density at radius 1 is 1.10 bits per heavy atom. The van der Waals surface area contributed by atoms with Gasteiger partial charge in [0.1, 0.15) is 0 Å². The highest BCUT2D eigenvalue weighted by Gasteiger charge is 2.21. The van der Waals surface area contributed by atoms with Gasteiger partial charge in [-0.1, -0.05) is 31.2 Å². The zero-order chi connectivity index (χ0) is 20.6. The quantitative estimate of drug-likeness (QED) is 0.333. The largest absolute Gasteiger partial charge is 0.354 e. The fraction of sp³-hybridized carbons (Fsp3) is 0.708. The Labute approximate surface area is 201 Å². The van der Waals surface area contributed by atoms with Gasteiger partial charge in [-0.15, -0.1) is 24.0 Å². The Hall–Kier alpha value is -0.860. The first-order chi connectivity index (χ1) is 14.0. The molecule has 0 saturated carbocycles. The first-order valence-electron chi connectivity index (χ1n) is 11.6. The predicted molar refractivity (Wildman–Crippen MR) is 139 cm³/mol. The second-order valence-electron chi connectivity index (χ2n) is 9.23. The van der Waals surface area contributed by atoms with Crippen LogP contribution in [0.2, 0.25) is 0 Å². The maximum absolute atomic E-state index is 4.48. The molecule has 0 bridgehead atoms. The number of piperidine rings is 2. The summed E-state index contributed by atoms with van der Waals surface area (Å²) in [7, 11) is 1.87. The van der Waals surface area contributed by atoms with Crippen molar-refractivity contribution in [1.82, 2.24) is 20.4 Å². The second kappa shape index (κ2) is 12.9. The van der Waals surface area contributed by atoms with E-state index in [4.69, 9.17) is 0 Å². The van der Waals surface area contributed by atoms with Crippen molar-refractivity contribution in [2.75, 3.05) is 33.2 Å². The van der Waals surface area contributed by atoms with Crippen molar-refractivity contribution in [1.29, 1.82) is 0 Å². The van der Waals surface area contributed by atoms with Gasteiger partial charge in [-0.25, -0.2) is 0 Å². The van der Waals surface area contributed by atoms with Gasteiger partial charge in [0.25, 0.3) is 0 Å². The van der Waals surface area contributed by atoms with E-state index in [-0.39, 0.29) is 24.0 Å². The molecular weight excluding hydrogens is 485 g/mol. The summed E-state index contributed by atoms with van der Waals surface area (Å²) in [5.74, 6) is 1.74. The Balaban J connectivity index is 0.00000320. The number of aliphatic imine (C=N–C) groups is 1. The van der Waals surface area contributed by atoms with E-state index in [9.17, 15) is 0 Å². The van der Waals surface area contributed by atoms with Crippen molar-refractivity contribution in [3.8, 4) is 0 Å². The fourth-order valence-corrected chi connectivity index (χ4v) is 4.68. The van der Waals surface area contributed by atoms with Gasteiger partial charge in [-0.3, -0.25) is 9.89 Å². The topological polar surface area (TPSA) is 42.9 Å². The van der Waals surface area contributed by atoms with Crippen LogP contribution in [-0.4, -0.2) is 61.1 Å².